The second-order valence-electron chi connectivity index (χ2n) is 4.42. The number of hydrogen-bond acceptors (Lipinski definition) is 4. The molecule has 0 atom stereocenters. The minimum Gasteiger partial charge on any atom is -0.495 e. The largest absolute Gasteiger partial charge is 0.495 e. The summed E-state index contributed by atoms with van der Waals surface area (Å²) in [5.74, 6) is 0.436. The molecule has 0 saturated heterocycles. The molecule has 0 aliphatic rings. The van der Waals surface area contributed by atoms with Crippen LogP contribution >= 0.6 is 11.6 Å². The van der Waals surface area contributed by atoms with Crippen molar-refractivity contribution in [3.05, 3.63) is 47.5 Å². The molecule has 0 unspecified atom stereocenters. The van der Waals surface area contributed by atoms with Gasteiger partial charge in [0.1, 0.15) is 5.75 Å². The lowest BCUT2D eigenvalue weighted by Crippen LogP contribution is -2.19. The van der Waals surface area contributed by atoms with Gasteiger partial charge in [-0.2, -0.15) is 8.42 Å². The van der Waals surface area contributed by atoms with Gasteiger partial charge in [-0.15, -0.1) is 0 Å². The van der Waals surface area contributed by atoms with E-state index in [1.165, 1.54) is 37.4 Å². The van der Waals surface area contributed by atoms with E-state index >= 15 is 0 Å². The van der Waals surface area contributed by atoms with Crippen molar-refractivity contribution in [2.45, 2.75) is 4.90 Å². The molecule has 0 radical (unpaired) electrons. The molecule has 0 fully saturated rings. The molecule has 2 aromatic carbocycles. The molecule has 0 heterocycles. The van der Waals surface area contributed by atoms with Crippen LogP contribution in [0.1, 0.15) is 0 Å². The van der Waals surface area contributed by atoms with Crippen LogP contribution < -0.4 is 15.4 Å². The fraction of sp³-hybridized carbons (Fsp3) is 0.0714. The van der Waals surface area contributed by atoms with Crippen molar-refractivity contribution >= 4 is 39.1 Å². The smallest absolute Gasteiger partial charge is 0.323 e. The Morgan fingerprint density at radius 2 is 1.78 bits per heavy atom. The first-order valence-electron chi connectivity index (χ1n) is 6.28. The van der Waals surface area contributed by atoms with E-state index in [2.05, 4.69) is 10.6 Å². The summed E-state index contributed by atoms with van der Waals surface area (Å²) in [5, 5.41) is 5.51. The zero-order chi connectivity index (χ0) is 17.0. The lowest BCUT2D eigenvalue weighted by atomic mass is 10.3. The molecule has 0 spiro atoms. The summed E-state index contributed by atoms with van der Waals surface area (Å²) in [6, 6.07) is 9.23. The van der Waals surface area contributed by atoms with Crippen LogP contribution in [0.15, 0.2) is 47.4 Å². The maximum atomic E-state index is 12.0. The van der Waals surface area contributed by atoms with Crippen LogP contribution in [0.2, 0.25) is 5.02 Å². The topological polar surface area (TPSA) is 105 Å². The Balaban J connectivity index is 2.10. The normalized spacial score (nSPS) is 10.9. The van der Waals surface area contributed by atoms with Gasteiger partial charge in [-0.25, -0.2) is 4.79 Å². The highest BCUT2D eigenvalue weighted by Crippen LogP contribution is 2.27. The molecular formula is C14H13ClN2O5S. The fourth-order valence-corrected chi connectivity index (χ4v) is 2.42. The molecule has 2 amide bonds. The number of carbonyl (C=O) groups is 1. The molecule has 0 aliphatic carbocycles. The van der Waals surface area contributed by atoms with Crippen LogP contribution in [0.3, 0.4) is 0 Å². The quantitative estimate of drug-likeness (QED) is 0.729. The van der Waals surface area contributed by atoms with Crippen LogP contribution in [0.25, 0.3) is 0 Å². The molecule has 2 aromatic rings. The molecule has 2 rings (SSSR count). The maximum absolute atomic E-state index is 12.0. The number of amides is 2. The summed E-state index contributed by atoms with van der Waals surface area (Å²) in [6.45, 7) is 0. The van der Waals surface area contributed by atoms with E-state index in [1.54, 1.807) is 12.1 Å². The summed E-state index contributed by atoms with van der Waals surface area (Å²) in [4.78, 5) is 11.7. The minimum atomic E-state index is -4.27. The highest BCUT2D eigenvalue weighted by Gasteiger charge is 2.11. The average Bonchev–Trinajstić information content (AvgIpc) is 2.47. The van der Waals surface area contributed by atoms with Crippen LogP contribution in [-0.2, 0) is 10.1 Å². The van der Waals surface area contributed by atoms with Crippen molar-refractivity contribution in [1.82, 2.24) is 0 Å². The van der Waals surface area contributed by atoms with Gasteiger partial charge < -0.3 is 15.4 Å². The number of methoxy groups -OCH3 is 1. The fourth-order valence-electron chi connectivity index (χ4n) is 1.77. The van der Waals surface area contributed by atoms with E-state index in [4.69, 9.17) is 20.9 Å². The van der Waals surface area contributed by atoms with Gasteiger partial charge in [-0.05, 0) is 42.5 Å². The third-order valence-corrected chi connectivity index (χ3v) is 3.92. The Morgan fingerprint density at radius 1 is 1.13 bits per heavy atom. The number of urea groups is 1. The molecule has 0 bridgehead atoms. The van der Waals surface area contributed by atoms with Gasteiger partial charge in [0, 0.05) is 10.7 Å². The first kappa shape index (κ1) is 17.1. The molecule has 0 aliphatic heterocycles. The zero-order valence-electron chi connectivity index (χ0n) is 11.9. The number of benzene rings is 2. The Labute approximate surface area is 138 Å². The zero-order valence-corrected chi connectivity index (χ0v) is 13.5. The van der Waals surface area contributed by atoms with Gasteiger partial charge in [-0.3, -0.25) is 4.55 Å². The summed E-state index contributed by atoms with van der Waals surface area (Å²) < 4.78 is 35.9. The van der Waals surface area contributed by atoms with Crippen molar-refractivity contribution in [2.75, 3.05) is 17.7 Å². The highest BCUT2D eigenvalue weighted by molar-refractivity contribution is 7.85. The lowest BCUT2D eigenvalue weighted by Gasteiger charge is -2.11. The number of nitrogens with one attached hydrogen (secondary N) is 2. The van der Waals surface area contributed by atoms with E-state index in [0.29, 0.717) is 22.1 Å². The van der Waals surface area contributed by atoms with Crippen LogP contribution in [0.4, 0.5) is 16.2 Å². The monoisotopic (exact) mass is 356 g/mol. The third kappa shape index (κ3) is 4.59. The number of hydrogen-bond donors (Lipinski definition) is 3. The summed E-state index contributed by atoms with van der Waals surface area (Å²) in [6.07, 6.45) is 0. The molecule has 3 N–H and O–H groups in total. The van der Waals surface area contributed by atoms with E-state index in [-0.39, 0.29) is 4.90 Å². The first-order valence-corrected chi connectivity index (χ1v) is 8.10. The predicted molar refractivity (Wildman–Crippen MR) is 86.9 cm³/mol. The molecule has 23 heavy (non-hydrogen) atoms. The van der Waals surface area contributed by atoms with E-state index in [9.17, 15) is 13.2 Å². The summed E-state index contributed by atoms with van der Waals surface area (Å²) in [5.41, 5.74) is 0.725. The number of carbonyl (C=O) groups excluding carboxylic acids is 1. The number of ether oxygens (including phenoxy) is 1. The van der Waals surface area contributed by atoms with Crippen LogP contribution in [0.5, 0.6) is 5.75 Å². The molecule has 9 heteroatoms. The van der Waals surface area contributed by atoms with Gasteiger partial charge in [0.2, 0.25) is 0 Å². The molecule has 0 aromatic heterocycles. The second kappa shape index (κ2) is 6.86. The van der Waals surface area contributed by atoms with Crippen LogP contribution in [-0.4, -0.2) is 26.1 Å². The van der Waals surface area contributed by atoms with E-state index in [1.807, 2.05) is 0 Å². The maximum Gasteiger partial charge on any atom is 0.323 e. The number of halogens is 1. The van der Waals surface area contributed by atoms with Gasteiger partial charge in [0.15, 0.2) is 0 Å². The Bertz CT molecular complexity index is 822. The van der Waals surface area contributed by atoms with Crippen molar-refractivity contribution in [3.8, 4) is 5.75 Å². The SMILES string of the molecule is COc1ccc(Cl)cc1NC(=O)Nc1ccc(S(=O)(=O)O)cc1. The summed E-state index contributed by atoms with van der Waals surface area (Å²) in [7, 11) is -2.81. The van der Waals surface area contributed by atoms with Crippen molar-refractivity contribution in [1.29, 1.82) is 0 Å². The number of rotatable bonds is 4. The molecular weight excluding hydrogens is 344 g/mol. The Hall–Kier alpha value is -2.29. The van der Waals surface area contributed by atoms with Gasteiger partial charge in [-0.1, -0.05) is 11.6 Å². The van der Waals surface area contributed by atoms with E-state index in [0.717, 1.165) is 0 Å². The number of anilines is 2. The minimum absolute atomic E-state index is 0.264. The molecule has 7 nitrogen and oxygen atoms in total. The van der Waals surface area contributed by atoms with E-state index < -0.39 is 16.1 Å². The standard InChI is InChI=1S/C14H13ClN2O5S/c1-22-13-7-2-9(15)8-12(13)17-14(18)16-10-3-5-11(6-4-10)23(19,20)21/h2-8H,1H3,(H2,16,17,18)(H,19,20,21). The molecule has 0 saturated carbocycles. The summed E-state index contributed by atoms with van der Waals surface area (Å²) >= 11 is 5.87. The second-order valence-corrected chi connectivity index (χ2v) is 6.28. The van der Waals surface area contributed by atoms with Crippen molar-refractivity contribution < 1.29 is 22.5 Å². The Morgan fingerprint density at radius 3 is 2.35 bits per heavy atom. The third-order valence-electron chi connectivity index (χ3n) is 2.82. The van der Waals surface area contributed by atoms with Crippen LogP contribution in [0, 0.1) is 0 Å². The van der Waals surface area contributed by atoms with Gasteiger partial charge >= 0.3 is 6.03 Å². The van der Waals surface area contributed by atoms with Crippen molar-refractivity contribution in [2.24, 2.45) is 0 Å². The van der Waals surface area contributed by atoms with Crippen molar-refractivity contribution in [3.63, 3.8) is 0 Å². The predicted octanol–water partition coefficient (Wildman–Crippen LogP) is 3.24. The lowest BCUT2D eigenvalue weighted by molar-refractivity contribution is 0.262. The van der Waals surface area contributed by atoms with Gasteiger partial charge in [0.25, 0.3) is 10.1 Å². The Kier molecular flexibility index (Phi) is 5.09. The highest BCUT2D eigenvalue weighted by atomic mass is 35.5. The first-order chi connectivity index (χ1) is 10.8. The molecule has 122 valence electrons. The average molecular weight is 357 g/mol. The van der Waals surface area contributed by atoms with Gasteiger partial charge in [0.05, 0.1) is 17.7 Å².